The molecule has 0 aliphatic rings. The Labute approximate surface area is 425 Å². The van der Waals surface area contributed by atoms with Crippen LogP contribution in [0.2, 0.25) is 0 Å². The van der Waals surface area contributed by atoms with E-state index in [1.165, 1.54) is 83.5 Å². The molecule has 0 aromatic carbocycles. The lowest BCUT2D eigenvalue weighted by atomic mass is 10.0. The molecule has 1 unspecified atom stereocenters. The van der Waals surface area contributed by atoms with Gasteiger partial charge in [0.15, 0.2) is 6.10 Å². The third kappa shape index (κ3) is 54.9. The molecule has 0 spiro atoms. The third-order valence-corrected chi connectivity index (χ3v) is 11.7. The molecule has 0 saturated carbocycles. The van der Waals surface area contributed by atoms with Crippen LogP contribution in [-0.4, -0.2) is 37.2 Å². The van der Waals surface area contributed by atoms with Crippen LogP contribution in [0.3, 0.4) is 0 Å². The first-order valence-corrected chi connectivity index (χ1v) is 28.4. The fourth-order valence-electron chi connectivity index (χ4n) is 7.52. The van der Waals surface area contributed by atoms with E-state index in [0.717, 1.165) is 128 Å². The van der Waals surface area contributed by atoms with Crippen molar-refractivity contribution >= 4 is 17.9 Å². The van der Waals surface area contributed by atoms with Gasteiger partial charge in [-0.25, -0.2) is 0 Å². The van der Waals surface area contributed by atoms with E-state index in [1.54, 1.807) is 0 Å². The Hall–Kier alpha value is -3.93. The lowest BCUT2D eigenvalue weighted by Crippen LogP contribution is -2.30. The zero-order valence-electron chi connectivity index (χ0n) is 44.8. The van der Waals surface area contributed by atoms with Gasteiger partial charge in [0.1, 0.15) is 13.2 Å². The van der Waals surface area contributed by atoms with Crippen molar-refractivity contribution in [3.05, 3.63) is 109 Å². The minimum Gasteiger partial charge on any atom is -0.462 e. The number of hydrogen-bond acceptors (Lipinski definition) is 6. The normalized spacial score (nSPS) is 12.9. The molecule has 0 aliphatic carbocycles. The molecule has 0 radical (unpaired) electrons. The van der Waals surface area contributed by atoms with Gasteiger partial charge in [0, 0.05) is 19.3 Å². The minimum absolute atomic E-state index is 0.0959. The second kappa shape index (κ2) is 56.7. The Bertz CT molecular complexity index is 1420. The van der Waals surface area contributed by atoms with Crippen molar-refractivity contribution in [1.29, 1.82) is 0 Å². The van der Waals surface area contributed by atoms with Gasteiger partial charge < -0.3 is 14.2 Å². The third-order valence-electron chi connectivity index (χ3n) is 11.7. The van der Waals surface area contributed by atoms with Crippen LogP contribution in [0.1, 0.15) is 252 Å². The maximum Gasteiger partial charge on any atom is 0.306 e. The van der Waals surface area contributed by atoms with Crippen molar-refractivity contribution in [1.82, 2.24) is 0 Å². The van der Waals surface area contributed by atoms with Crippen molar-refractivity contribution in [2.45, 2.75) is 258 Å². The maximum atomic E-state index is 12.8. The van der Waals surface area contributed by atoms with E-state index in [1.807, 2.05) is 0 Å². The molecule has 0 aromatic rings. The molecule has 0 rings (SSSR count). The number of hydrogen-bond donors (Lipinski definition) is 0. The van der Waals surface area contributed by atoms with Crippen LogP contribution >= 0.6 is 0 Å². The zero-order chi connectivity index (χ0) is 50.0. The fraction of sp³-hybridized carbons (Fsp3) is 0.667. The van der Waals surface area contributed by atoms with E-state index >= 15 is 0 Å². The maximum absolute atomic E-state index is 12.8. The van der Waals surface area contributed by atoms with E-state index in [-0.39, 0.29) is 31.1 Å². The van der Waals surface area contributed by atoms with Gasteiger partial charge in [0.25, 0.3) is 0 Å². The zero-order valence-corrected chi connectivity index (χ0v) is 44.8. The Morgan fingerprint density at radius 2 is 0.594 bits per heavy atom. The Kier molecular flexibility index (Phi) is 53.4. The topological polar surface area (TPSA) is 78.9 Å². The van der Waals surface area contributed by atoms with Crippen molar-refractivity contribution in [2.75, 3.05) is 13.2 Å². The smallest absolute Gasteiger partial charge is 0.306 e. The van der Waals surface area contributed by atoms with Gasteiger partial charge in [0.05, 0.1) is 0 Å². The molecule has 0 saturated heterocycles. The summed E-state index contributed by atoms with van der Waals surface area (Å²) in [4.78, 5) is 38.0. The number of carbonyl (C=O) groups excluding carboxylic acids is 3. The van der Waals surface area contributed by atoms with Crippen molar-refractivity contribution < 1.29 is 28.6 Å². The minimum atomic E-state index is -0.798. The molecule has 0 fully saturated rings. The summed E-state index contributed by atoms with van der Waals surface area (Å²) in [6.07, 6.45) is 76.6. The monoisotopic (exact) mass is 957 g/mol. The number of carbonyl (C=O) groups is 3. The summed E-state index contributed by atoms with van der Waals surface area (Å²) in [6.45, 7) is 6.42. The highest BCUT2D eigenvalue weighted by atomic mass is 16.6. The average molecular weight is 958 g/mol. The van der Waals surface area contributed by atoms with E-state index in [9.17, 15) is 14.4 Å². The van der Waals surface area contributed by atoms with E-state index < -0.39 is 6.10 Å². The molecular formula is C63H104O6. The summed E-state index contributed by atoms with van der Waals surface area (Å²) in [5, 5.41) is 0. The van der Waals surface area contributed by atoms with E-state index in [2.05, 4.69) is 130 Å². The molecule has 0 aromatic heterocycles. The average Bonchev–Trinajstić information content (AvgIpc) is 3.35. The molecule has 69 heavy (non-hydrogen) atoms. The fourth-order valence-corrected chi connectivity index (χ4v) is 7.52. The van der Waals surface area contributed by atoms with Crippen LogP contribution in [0.4, 0.5) is 0 Å². The van der Waals surface area contributed by atoms with Gasteiger partial charge in [-0.2, -0.15) is 0 Å². The Morgan fingerprint density at radius 3 is 0.986 bits per heavy atom. The van der Waals surface area contributed by atoms with Crippen LogP contribution in [0.5, 0.6) is 0 Å². The number of unbranched alkanes of at least 4 members (excludes halogenated alkanes) is 21. The highest BCUT2D eigenvalue weighted by Crippen LogP contribution is 2.15. The highest BCUT2D eigenvalue weighted by molar-refractivity contribution is 5.71. The lowest BCUT2D eigenvalue weighted by Gasteiger charge is -2.18. The predicted octanol–water partition coefficient (Wildman–Crippen LogP) is 19.1. The first-order valence-electron chi connectivity index (χ1n) is 28.4. The summed E-state index contributed by atoms with van der Waals surface area (Å²) in [7, 11) is 0. The van der Waals surface area contributed by atoms with Crippen molar-refractivity contribution in [2.24, 2.45) is 0 Å². The summed E-state index contributed by atoms with van der Waals surface area (Å²) >= 11 is 0. The molecule has 0 bridgehead atoms. The molecule has 6 heteroatoms. The van der Waals surface area contributed by atoms with Gasteiger partial charge in [-0.3, -0.25) is 14.4 Å². The number of ether oxygens (including phenoxy) is 3. The number of allylic oxidation sites excluding steroid dienone is 18. The summed E-state index contributed by atoms with van der Waals surface area (Å²) in [5.41, 5.74) is 0. The molecule has 1 atom stereocenters. The summed E-state index contributed by atoms with van der Waals surface area (Å²) in [5.74, 6) is -0.951. The molecule has 0 heterocycles. The quantitative estimate of drug-likeness (QED) is 0.0262. The first-order chi connectivity index (χ1) is 34.0. The number of rotatable bonds is 50. The largest absolute Gasteiger partial charge is 0.462 e. The Balaban J connectivity index is 4.37. The molecular weight excluding hydrogens is 853 g/mol. The van der Waals surface area contributed by atoms with Crippen LogP contribution in [0, 0.1) is 0 Å². The SMILES string of the molecule is CC/C=C\C/C=C\C/C=C\C/C=C\C/C=C\C/C=C\C/C=C\C/C=C\CCCCC(=O)OCC(COC(=O)CCCCCCC/C=C\CCC)OC(=O)CCCCCCCCCCCCCCCC. The molecule has 0 N–H and O–H groups in total. The number of esters is 3. The predicted molar refractivity (Wildman–Crippen MR) is 297 cm³/mol. The first kappa shape index (κ1) is 65.1. The Morgan fingerprint density at radius 1 is 0.304 bits per heavy atom. The van der Waals surface area contributed by atoms with Crippen LogP contribution < -0.4 is 0 Å². The lowest BCUT2D eigenvalue weighted by molar-refractivity contribution is -0.167. The van der Waals surface area contributed by atoms with E-state index in [4.69, 9.17) is 14.2 Å². The standard InChI is InChI=1S/C63H104O6/c1-4-7-10-13-16-19-22-24-26-27-28-29-30-31-32-33-34-35-36-37-38-40-41-44-47-50-53-56-62(65)68-59-60(58-67-61(64)55-52-49-46-43-21-18-15-12-9-6-3)69-63(66)57-54-51-48-45-42-39-25-23-20-17-14-11-8-5-2/h7,10,12,15-16,19,24,26,28-29,31-32,34-35,37-38,41,44,60H,4-6,8-9,11,13-14,17-18,20-23,25,27,30,33,36,39-40,42-43,45-59H2,1-3H3/b10-7-,15-12-,19-16-,26-24-,29-28-,32-31-,35-34-,38-37-,44-41-. The van der Waals surface area contributed by atoms with Gasteiger partial charge in [-0.05, 0) is 103 Å². The second-order valence-electron chi connectivity index (χ2n) is 18.5. The molecule has 0 amide bonds. The summed E-state index contributed by atoms with van der Waals surface area (Å²) < 4.78 is 16.8. The van der Waals surface area contributed by atoms with Crippen LogP contribution in [0.25, 0.3) is 0 Å². The van der Waals surface area contributed by atoms with Crippen LogP contribution in [-0.2, 0) is 28.6 Å². The van der Waals surface area contributed by atoms with Crippen LogP contribution in [0.15, 0.2) is 109 Å². The van der Waals surface area contributed by atoms with Gasteiger partial charge in [-0.1, -0.05) is 239 Å². The second-order valence-corrected chi connectivity index (χ2v) is 18.5. The van der Waals surface area contributed by atoms with Gasteiger partial charge in [-0.15, -0.1) is 0 Å². The van der Waals surface area contributed by atoms with Crippen molar-refractivity contribution in [3.63, 3.8) is 0 Å². The highest BCUT2D eigenvalue weighted by Gasteiger charge is 2.19. The van der Waals surface area contributed by atoms with Gasteiger partial charge >= 0.3 is 17.9 Å². The van der Waals surface area contributed by atoms with Crippen molar-refractivity contribution in [3.8, 4) is 0 Å². The summed E-state index contributed by atoms with van der Waals surface area (Å²) in [6, 6.07) is 0. The molecule has 6 nitrogen and oxygen atoms in total. The van der Waals surface area contributed by atoms with Gasteiger partial charge in [0.2, 0.25) is 0 Å². The molecule has 392 valence electrons. The van der Waals surface area contributed by atoms with E-state index in [0.29, 0.717) is 19.3 Å². The molecule has 0 aliphatic heterocycles.